The van der Waals surface area contributed by atoms with Crippen LogP contribution in [0.2, 0.25) is 10.0 Å². The number of nitrogens with zero attached hydrogens (tertiary/aromatic N) is 1. The fourth-order valence-corrected chi connectivity index (χ4v) is 6.00. The molecule has 0 aliphatic heterocycles. The lowest BCUT2D eigenvalue weighted by atomic mass is 10.2. The first kappa shape index (κ1) is 29.0. The zero-order chi connectivity index (χ0) is 26.8. The Hall–Kier alpha value is -2.59. The van der Waals surface area contributed by atoms with Crippen molar-refractivity contribution in [3.05, 3.63) is 82.3 Å². The van der Waals surface area contributed by atoms with Crippen LogP contribution in [0.25, 0.3) is 0 Å². The highest BCUT2D eigenvalue weighted by Crippen LogP contribution is 2.32. The van der Waals surface area contributed by atoms with Gasteiger partial charge < -0.3 is 14.8 Å². The average molecular weight is 584 g/mol. The van der Waals surface area contributed by atoms with Gasteiger partial charge in [-0.3, -0.25) is 9.10 Å². The molecule has 0 saturated carbocycles. The number of sulfonamides is 1. The quantitative estimate of drug-likeness (QED) is 0.262. The molecule has 1 amide bonds. The fourth-order valence-electron chi connectivity index (χ4n) is 3.39. The highest BCUT2D eigenvalue weighted by molar-refractivity contribution is 7.98. The van der Waals surface area contributed by atoms with Gasteiger partial charge in [0, 0.05) is 28.4 Å². The van der Waals surface area contributed by atoms with E-state index in [0.717, 1.165) is 22.2 Å². The van der Waals surface area contributed by atoms with Gasteiger partial charge in [-0.25, -0.2) is 8.42 Å². The Morgan fingerprint density at radius 1 is 0.919 bits per heavy atom. The number of nitrogens with one attached hydrogen (secondary N) is 1. The van der Waals surface area contributed by atoms with Crippen LogP contribution >= 0.6 is 35.0 Å². The molecule has 0 aliphatic rings. The van der Waals surface area contributed by atoms with Crippen LogP contribution in [0.4, 0.5) is 5.69 Å². The van der Waals surface area contributed by atoms with Gasteiger partial charge in [0.05, 0.1) is 24.8 Å². The molecule has 0 heterocycles. The van der Waals surface area contributed by atoms with Crippen molar-refractivity contribution in [1.82, 2.24) is 5.32 Å². The van der Waals surface area contributed by atoms with Crippen molar-refractivity contribution in [1.29, 1.82) is 0 Å². The minimum atomic E-state index is -4.11. The molecule has 7 nitrogen and oxygen atoms in total. The van der Waals surface area contributed by atoms with Crippen molar-refractivity contribution in [2.45, 2.75) is 17.1 Å². The molecule has 0 atom stereocenters. The second kappa shape index (κ2) is 13.8. The zero-order valence-electron chi connectivity index (χ0n) is 20.4. The van der Waals surface area contributed by atoms with Crippen LogP contribution < -0.4 is 19.1 Å². The lowest BCUT2D eigenvalue weighted by Gasteiger charge is -2.24. The van der Waals surface area contributed by atoms with E-state index in [-0.39, 0.29) is 10.6 Å². The molecule has 37 heavy (non-hydrogen) atoms. The molecule has 3 aromatic rings. The summed E-state index contributed by atoms with van der Waals surface area (Å²) in [6.45, 7) is 0.0353. The molecule has 0 aliphatic carbocycles. The van der Waals surface area contributed by atoms with Crippen molar-refractivity contribution in [2.75, 3.05) is 37.4 Å². The standard InChI is InChI=1S/C26H28Cl2N2O5S2/c1-34-24-13-12-23(16-25(24)35-2)37(32,33)30(22-10-8-21(28)9-11-22)17-26(31)29-14-3-15-36-18-19-4-6-20(27)7-5-19/h4-13,16H,3,14-15,17-18H2,1-2H3,(H,29,31). The van der Waals surface area contributed by atoms with Crippen LogP contribution in [0, 0.1) is 0 Å². The average Bonchev–Trinajstić information content (AvgIpc) is 2.90. The maximum atomic E-state index is 13.6. The highest BCUT2D eigenvalue weighted by Gasteiger charge is 2.28. The number of thioether (sulfide) groups is 1. The van der Waals surface area contributed by atoms with Crippen LogP contribution in [-0.4, -0.2) is 47.4 Å². The van der Waals surface area contributed by atoms with Crippen LogP contribution in [-0.2, 0) is 20.6 Å². The number of hydrogen-bond acceptors (Lipinski definition) is 6. The summed E-state index contributed by atoms with van der Waals surface area (Å²) >= 11 is 13.7. The summed E-state index contributed by atoms with van der Waals surface area (Å²) in [5, 5.41) is 3.98. The van der Waals surface area contributed by atoms with Crippen LogP contribution in [0.15, 0.2) is 71.6 Å². The van der Waals surface area contributed by atoms with Gasteiger partial charge in [0.1, 0.15) is 6.54 Å². The van der Waals surface area contributed by atoms with E-state index in [1.54, 1.807) is 36.0 Å². The van der Waals surface area contributed by atoms with E-state index in [9.17, 15) is 13.2 Å². The Morgan fingerprint density at radius 2 is 1.54 bits per heavy atom. The van der Waals surface area contributed by atoms with Crippen molar-refractivity contribution < 1.29 is 22.7 Å². The number of anilines is 1. The number of methoxy groups -OCH3 is 2. The molecule has 0 radical (unpaired) electrons. The van der Waals surface area contributed by atoms with Crippen molar-refractivity contribution in [2.24, 2.45) is 0 Å². The summed E-state index contributed by atoms with van der Waals surface area (Å²) in [5.74, 6) is 1.93. The summed E-state index contributed by atoms with van der Waals surface area (Å²) in [6.07, 6.45) is 0.743. The SMILES string of the molecule is COc1ccc(S(=O)(=O)N(CC(=O)NCCCSCc2ccc(Cl)cc2)c2ccc(Cl)cc2)cc1OC. The molecule has 198 valence electrons. The van der Waals surface area contributed by atoms with E-state index >= 15 is 0 Å². The largest absolute Gasteiger partial charge is 0.493 e. The van der Waals surface area contributed by atoms with Gasteiger partial charge in [-0.05, 0) is 66.3 Å². The second-order valence-corrected chi connectivity index (χ2v) is 11.7. The fraction of sp³-hybridized carbons (Fsp3) is 0.269. The number of ether oxygens (including phenoxy) is 2. The third-order valence-corrected chi connectivity index (χ3v) is 8.70. The first-order valence-electron chi connectivity index (χ1n) is 11.3. The Morgan fingerprint density at radius 3 is 2.16 bits per heavy atom. The molecule has 1 N–H and O–H groups in total. The van der Waals surface area contributed by atoms with Crippen molar-refractivity contribution >= 4 is 56.6 Å². The predicted octanol–water partition coefficient (Wildman–Crippen LogP) is 5.65. The van der Waals surface area contributed by atoms with E-state index in [1.807, 2.05) is 24.3 Å². The Kier molecular flexibility index (Phi) is 10.8. The van der Waals surface area contributed by atoms with Crippen LogP contribution in [0.3, 0.4) is 0 Å². The number of halogens is 2. The van der Waals surface area contributed by atoms with Crippen LogP contribution in [0.1, 0.15) is 12.0 Å². The molecule has 0 unspecified atom stereocenters. The number of amides is 1. The van der Waals surface area contributed by atoms with E-state index in [0.29, 0.717) is 28.0 Å². The van der Waals surface area contributed by atoms with Gasteiger partial charge in [0.15, 0.2) is 11.5 Å². The second-order valence-electron chi connectivity index (χ2n) is 7.89. The first-order valence-corrected chi connectivity index (χ1v) is 14.7. The van der Waals surface area contributed by atoms with Gasteiger partial charge in [0.2, 0.25) is 5.91 Å². The molecular formula is C26H28Cl2N2O5S2. The van der Waals surface area contributed by atoms with Gasteiger partial charge in [-0.15, -0.1) is 0 Å². The summed E-state index contributed by atoms with van der Waals surface area (Å²) in [5.41, 5.74) is 1.49. The molecule has 0 bridgehead atoms. The first-order chi connectivity index (χ1) is 17.7. The molecule has 0 spiro atoms. The summed E-state index contributed by atoms with van der Waals surface area (Å²) in [6, 6.07) is 18.2. The molecular weight excluding hydrogens is 555 g/mol. The van der Waals surface area contributed by atoms with Crippen LogP contribution in [0.5, 0.6) is 11.5 Å². The number of benzene rings is 3. The van der Waals surface area contributed by atoms with Gasteiger partial charge in [0.25, 0.3) is 10.0 Å². The van der Waals surface area contributed by atoms with Gasteiger partial charge in [-0.1, -0.05) is 35.3 Å². The molecule has 11 heteroatoms. The number of carbonyl (C=O) groups excluding carboxylic acids is 1. The van der Waals surface area contributed by atoms with Crippen molar-refractivity contribution in [3.8, 4) is 11.5 Å². The third kappa shape index (κ3) is 8.20. The number of rotatable bonds is 13. The summed E-state index contributed by atoms with van der Waals surface area (Å²) in [7, 11) is -1.22. The maximum Gasteiger partial charge on any atom is 0.264 e. The normalized spacial score (nSPS) is 11.1. The van der Waals surface area contributed by atoms with E-state index in [2.05, 4.69) is 5.32 Å². The van der Waals surface area contributed by atoms with E-state index in [4.69, 9.17) is 32.7 Å². The summed E-state index contributed by atoms with van der Waals surface area (Å²) < 4.78 is 38.7. The minimum Gasteiger partial charge on any atom is -0.493 e. The highest BCUT2D eigenvalue weighted by atomic mass is 35.5. The zero-order valence-corrected chi connectivity index (χ0v) is 23.6. The van der Waals surface area contributed by atoms with Gasteiger partial charge in [-0.2, -0.15) is 11.8 Å². The lowest BCUT2D eigenvalue weighted by Crippen LogP contribution is -2.41. The monoisotopic (exact) mass is 582 g/mol. The number of carbonyl (C=O) groups is 1. The predicted molar refractivity (Wildman–Crippen MR) is 151 cm³/mol. The van der Waals surface area contributed by atoms with Gasteiger partial charge >= 0.3 is 0 Å². The Balaban J connectivity index is 1.65. The topological polar surface area (TPSA) is 84.9 Å². The van der Waals surface area contributed by atoms with E-state index in [1.165, 1.54) is 38.0 Å². The molecule has 3 aromatic carbocycles. The molecule has 0 saturated heterocycles. The number of hydrogen-bond donors (Lipinski definition) is 1. The third-order valence-electron chi connectivity index (χ3n) is 5.31. The van der Waals surface area contributed by atoms with E-state index < -0.39 is 22.5 Å². The molecule has 0 aromatic heterocycles. The molecule has 0 fully saturated rings. The smallest absolute Gasteiger partial charge is 0.264 e. The summed E-state index contributed by atoms with van der Waals surface area (Å²) in [4.78, 5) is 12.7. The molecule has 3 rings (SSSR count). The Labute approximate surface area is 232 Å². The Bertz CT molecular complexity index is 1290. The lowest BCUT2D eigenvalue weighted by molar-refractivity contribution is -0.119. The van der Waals surface area contributed by atoms with Crippen molar-refractivity contribution in [3.63, 3.8) is 0 Å². The maximum absolute atomic E-state index is 13.6. The minimum absolute atomic E-state index is 0.0356.